The molecule has 1 aliphatic heterocycles. The highest BCUT2D eigenvalue weighted by Crippen LogP contribution is 2.15. The molecule has 0 unspecified atom stereocenters. The number of rotatable bonds is 4. The average Bonchev–Trinajstić information content (AvgIpc) is 2.46. The van der Waals surface area contributed by atoms with Crippen LogP contribution >= 0.6 is 0 Å². The van der Waals surface area contributed by atoms with Crippen LogP contribution in [-0.2, 0) is 11.3 Å². The molecule has 5 heteroatoms. The Labute approximate surface area is 118 Å². The van der Waals surface area contributed by atoms with Gasteiger partial charge >= 0.3 is 6.03 Å². The van der Waals surface area contributed by atoms with Gasteiger partial charge < -0.3 is 15.0 Å². The highest BCUT2D eigenvalue weighted by molar-refractivity contribution is 5.73. The third-order valence-electron chi connectivity index (χ3n) is 3.55. The normalized spacial score (nSPS) is 15.9. The van der Waals surface area contributed by atoms with Gasteiger partial charge in [0.25, 0.3) is 0 Å². The molecule has 1 fully saturated rings. The molecule has 1 N–H and O–H groups in total. The predicted molar refractivity (Wildman–Crippen MR) is 74.8 cm³/mol. The standard InChI is InChI=1S/C15H21FN2O2/c1-18(11-12-5-7-20-8-6-12)15(19)17-10-13-3-2-4-14(16)9-13/h2-4,9,12H,5-8,10-11H2,1H3,(H,17,19). The summed E-state index contributed by atoms with van der Waals surface area (Å²) in [7, 11) is 1.79. The molecule has 0 aromatic heterocycles. The van der Waals surface area contributed by atoms with E-state index in [-0.39, 0.29) is 11.8 Å². The lowest BCUT2D eigenvalue weighted by Crippen LogP contribution is -2.40. The largest absolute Gasteiger partial charge is 0.381 e. The number of urea groups is 1. The molecule has 2 rings (SSSR count). The summed E-state index contributed by atoms with van der Waals surface area (Å²) in [5.41, 5.74) is 0.762. The fraction of sp³-hybridized carbons (Fsp3) is 0.533. The molecule has 0 spiro atoms. The van der Waals surface area contributed by atoms with E-state index in [0.29, 0.717) is 12.5 Å². The van der Waals surface area contributed by atoms with Crippen LogP contribution < -0.4 is 5.32 Å². The van der Waals surface area contributed by atoms with Gasteiger partial charge in [0.05, 0.1) is 0 Å². The van der Waals surface area contributed by atoms with Crippen LogP contribution in [0.2, 0.25) is 0 Å². The number of benzene rings is 1. The van der Waals surface area contributed by atoms with Gasteiger partial charge in [-0.2, -0.15) is 0 Å². The van der Waals surface area contributed by atoms with Crippen LogP contribution in [0.3, 0.4) is 0 Å². The zero-order chi connectivity index (χ0) is 14.4. The van der Waals surface area contributed by atoms with Gasteiger partial charge in [-0.15, -0.1) is 0 Å². The van der Waals surface area contributed by atoms with Crippen LogP contribution in [0, 0.1) is 11.7 Å². The molecule has 4 nitrogen and oxygen atoms in total. The first-order valence-corrected chi connectivity index (χ1v) is 6.96. The summed E-state index contributed by atoms with van der Waals surface area (Å²) in [5, 5.41) is 2.80. The van der Waals surface area contributed by atoms with Crippen LogP contribution in [0.25, 0.3) is 0 Å². The lowest BCUT2D eigenvalue weighted by atomic mass is 10.00. The highest BCUT2D eigenvalue weighted by Gasteiger charge is 2.18. The van der Waals surface area contributed by atoms with Crippen LogP contribution in [0.4, 0.5) is 9.18 Å². The molecule has 1 heterocycles. The Morgan fingerprint density at radius 1 is 1.45 bits per heavy atom. The third kappa shape index (κ3) is 4.49. The minimum Gasteiger partial charge on any atom is -0.381 e. The Hall–Kier alpha value is -1.62. The van der Waals surface area contributed by atoms with Crippen molar-refractivity contribution in [3.05, 3.63) is 35.6 Å². The smallest absolute Gasteiger partial charge is 0.317 e. The summed E-state index contributed by atoms with van der Waals surface area (Å²) in [6, 6.07) is 6.13. The molecule has 0 saturated carbocycles. The second-order valence-corrected chi connectivity index (χ2v) is 5.22. The number of halogens is 1. The highest BCUT2D eigenvalue weighted by atomic mass is 19.1. The molecular weight excluding hydrogens is 259 g/mol. The predicted octanol–water partition coefficient (Wildman–Crippen LogP) is 2.39. The zero-order valence-electron chi connectivity index (χ0n) is 11.8. The second kappa shape index (κ2) is 7.24. The summed E-state index contributed by atoms with van der Waals surface area (Å²) >= 11 is 0. The summed E-state index contributed by atoms with van der Waals surface area (Å²) in [6.07, 6.45) is 2.00. The van der Waals surface area contributed by atoms with Crippen molar-refractivity contribution in [2.24, 2.45) is 5.92 Å². The van der Waals surface area contributed by atoms with E-state index in [0.717, 1.165) is 38.2 Å². The van der Waals surface area contributed by atoms with Gasteiger partial charge in [0.2, 0.25) is 0 Å². The first kappa shape index (κ1) is 14.8. The number of hydrogen-bond acceptors (Lipinski definition) is 2. The van der Waals surface area contributed by atoms with Gasteiger partial charge in [0.1, 0.15) is 5.82 Å². The van der Waals surface area contributed by atoms with Crippen molar-refractivity contribution < 1.29 is 13.9 Å². The summed E-state index contributed by atoms with van der Waals surface area (Å²) < 4.78 is 18.3. The molecule has 20 heavy (non-hydrogen) atoms. The maximum Gasteiger partial charge on any atom is 0.317 e. The zero-order valence-corrected chi connectivity index (χ0v) is 11.8. The fourth-order valence-electron chi connectivity index (χ4n) is 2.36. The lowest BCUT2D eigenvalue weighted by molar-refractivity contribution is 0.0586. The number of nitrogens with one attached hydrogen (secondary N) is 1. The van der Waals surface area contributed by atoms with E-state index in [1.165, 1.54) is 12.1 Å². The molecule has 0 radical (unpaired) electrons. The maximum atomic E-state index is 13.0. The van der Waals surface area contributed by atoms with Gasteiger partial charge in [-0.3, -0.25) is 0 Å². The average molecular weight is 280 g/mol. The first-order valence-electron chi connectivity index (χ1n) is 6.96. The van der Waals surface area contributed by atoms with Gasteiger partial charge in [-0.25, -0.2) is 9.18 Å². The van der Waals surface area contributed by atoms with E-state index in [1.54, 1.807) is 24.1 Å². The van der Waals surface area contributed by atoms with E-state index in [1.807, 2.05) is 0 Å². The Bertz CT molecular complexity index is 447. The SMILES string of the molecule is CN(CC1CCOCC1)C(=O)NCc1cccc(F)c1. The van der Waals surface area contributed by atoms with Crippen LogP contribution in [0.15, 0.2) is 24.3 Å². The van der Waals surface area contributed by atoms with E-state index in [9.17, 15) is 9.18 Å². The Morgan fingerprint density at radius 3 is 2.90 bits per heavy atom. The minimum absolute atomic E-state index is 0.124. The number of amides is 2. The van der Waals surface area contributed by atoms with Gasteiger partial charge in [-0.1, -0.05) is 12.1 Å². The van der Waals surface area contributed by atoms with Crippen LogP contribution in [0.5, 0.6) is 0 Å². The molecule has 1 aromatic carbocycles. The number of nitrogens with zero attached hydrogens (tertiary/aromatic N) is 1. The molecular formula is C15H21FN2O2. The van der Waals surface area contributed by atoms with Crippen molar-refractivity contribution >= 4 is 6.03 Å². The van der Waals surface area contributed by atoms with E-state index < -0.39 is 0 Å². The summed E-state index contributed by atoms with van der Waals surface area (Å²) in [5.74, 6) is 0.223. The number of ether oxygens (including phenoxy) is 1. The van der Waals surface area contributed by atoms with Gasteiger partial charge in [0.15, 0.2) is 0 Å². The topological polar surface area (TPSA) is 41.6 Å². The molecule has 0 atom stereocenters. The minimum atomic E-state index is -0.285. The molecule has 0 aliphatic carbocycles. The summed E-state index contributed by atoms with van der Waals surface area (Å²) in [4.78, 5) is 13.7. The van der Waals surface area contributed by atoms with Crippen molar-refractivity contribution in [1.82, 2.24) is 10.2 Å². The van der Waals surface area contributed by atoms with Crippen molar-refractivity contribution in [3.63, 3.8) is 0 Å². The van der Waals surface area contributed by atoms with Crippen LogP contribution in [-0.4, -0.2) is 37.7 Å². The number of hydrogen-bond donors (Lipinski definition) is 1. The van der Waals surface area contributed by atoms with Gasteiger partial charge in [-0.05, 0) is 36.5 Å². The lowest BCUT2D eigenvalue weighted by Gasteiger charge is -2.27. The van der Waals surface area contributed by atoms with E-state index >= 15 is 0 Å². The molecule has 1 aliphatic rings. The van der Waals surface area contributed by atoms with Crippen molar-refractivity contribution in [1.29, 1.82) is 0 Å². The van der Waals surface area contributed by atoms with Crippen molar-refractivity contribution in [2.45, 2.75) is 19.4 Å². The Morgan fingerprint density at radius 2 is 2.20 bits per heavy atom. The van der Waals surface area contributed by atoms with E-state index in [2.05, 4.69) is 5.32 Å². The second-order valence-electron chi connectivity index (χ2n) is 5.22. The Balaban J connectivity index is 1.76. The molecule has 1 aromatic rings. The maximum absolute atomic E-state index is 13.0. The quantitative estimate of drug-likeness (QED) is 0.920. The molecule has 1 saturated heterocycles. The monoisotopic (exact) mass is 280 g/mol. The van der Waals surface area contributed by atoms with Crippen molar-refractivity contribution in [2.75, 3.05) is 26.8 Å². The number of carbonyl (C=O) groups excluding carboxylic acids is 1. The van der Waals surface area contributed by atoms with Crippen molar-refractivity contribution in [3.8, 4) is 0 Å². The molecule has 2 amide bonds. The van der Waals surface area contributed by atoms with Gasteiger partial charge in [0, 0.05) is 33.4 Å². The summed E-state index contributed by atoms with van der Waals surface area (Å²) in [6.45, 7) is 2.64. The fourth-order valence-corrected chi connectivity index (χ4v) is 2.36. The first-order chi connectivity index (χ1) is 9.65. The molecule has 0 bridgehead atoms. The third-order valence-corrected chi connectivity index (χ3v) is 3.55. The van der Waals surface area contributed by atoms with Crippen LogP contribution in [0.1, 0.15) is 18.4 Å². The Kier molecular flexibility index (Phi) is 5.35. The number of carbonyl (C=O) groups is 1. The van der Waals surface area contributed by atoms with E-state index in [4.69, 9.17) is 4.74 Å². The molecule has 110 valence electrons.